The Morgan fingerprint density at radius 2 is 1.31 bits per heavy atom. The third-order valence-corrected chi connectivity index (χ3v) is 10.6. The number of nitriles is 1. The van der Waals surface area contributed by atoms with Gasteiger partial charge in [0.05, 0.1) is 27.9 Å². The normalized spacial score (nSPS) is 14.9. The Balaban J connectivity index is 0.987. The molecule has 1 aliphatic rings. The second kappa shape index (κ2) is 14.8. The Hall–Kier alpha value is -6.63. The molecule has 7 aromatic rings. The second-order valence-electron chi connectivity index (χ2n) is 13.0. The van der Waals surface area contributed by atoms with E-state index in [1.807, 2.05) is 140 Å². The molecule has 6 aromatic carbocycles. The summed E-state index contributed by atoms with van der Waals surface area (Å²) in [6, 6.07) is 51.6. The lowest BCUT2D eigenvalue weighted by molar-refractivity contribution is -0.129. The van der Waals surface area contributed by atoms with Gasteiger partial charge in [-0.2, -0.15) is 5.26 Å². The van der Waals surface area contributed by atoms with Gasteiger partial charge in [-0.25, -0.2) is 4.98 Å². The van der Waals surface area contributed by atoms with Crippen molar-refractivity contribution in [2.45, 2.75) is 30.2 Å². The van der Waals surface area contributed by atoms with Gasteiger partial charge in [0, 0.05) is 6.07 Å². The minimum Gasteiger partial charge on any atom is -0.483 e. The number of H-pyrrole nitrogens is 1. The number of aromatic amines is 1. The zero-order valence-electron chi connectivity index (χ0n) is 29.3. The van der Waals surface area contributed by atoms with Crippen molar-refractivity contribution >= 4 is 33.9 Å². The molecule has 2 atom stereocenters. The fraction of sp³-hybridized carbons (Fsp3) is 0.111. The number of imide groups is 1. The average molecular weight is 727 g/mol. The van der Waals surface area contributed by atoms with Gasteiger partial charge in [-0.1, -0.05) is 115 Å². The van der Waals surface area contributed by atoms with Gasteiger partial charge in [0.1, 0.15) is 28.6 Å². The van der Waals surface area contributed by atoms with E-state index < -0.39 is 10.8 Å². The van der Waals surface area contributed by atoms with Crippen LogP contribution in [0.4, 0.5) is 4.79 Å². The first-order valence-electron chi connectivity index (χ1n) is 17.6. The molecule has 2 heterocycles. The molecule has 8 rings (SSSR count). The van der Waals surface area contributed by atoms with E-state index in [1.54, 1.807) is 24.3 Å². The fourth-order valence-corrected chi connectivity index (χ4v) is 8.05. The van der Waals surface area contributed by atoms with Crippen molar-refractivity contribution in [1.82, 2.24) is 14.9 Å². The van der Waals surface area contributed by atoms with Crippen LogP contribution < -0.4 is 9.47 Å². The van der Waals surface area contributed by atoms with Crippen molar-refractivity contribution < 1.29 is 19.1 Å². The highest BCUT2D eigenvalue weighted by atomic mass is 32.2. The van der Waals surface area contributed by atoms with Crippen molar-refractivity contribution in [1.29, 1.82) is 5.26 Å². The highest BCUT2D eigenvalue weighted by molar-refractivity contribution is 8.15. The number of nitrogens with one attached hydrogen (secondary N) is 1. The molecule has 0 bridgehead atoms. The molecule has 0 aliphatic carbocycles. The first kappa shape index (κ1) is 34.5. The van der Waals surface area contributed by atoms with Crippen LogP contribution in [0.3, 0.4) is 0 Å². The van der Waals surface area contributed by atoms with Crippen molar-refractivity contribution in [2.24, 2.45) is 0 Å². The van der Waals surface area contributed by atoms with Crippen LogP contribution in [0.1, 0.15) is 46.7 Å². The topological polar surface area (TPSA) is 108 Å². The predicted molar refractivity (Wildman–Crippen MR) is 209 cm³/mol. The molecule has 1 aliphatic heterocycles. The summed E-state index contributed by atoms with van der Waals surface area (Å²) >= 11 is 1.08. The fourth-order valence-electron chi connectivity index (χ4n) is 6.99. The Morgan fingerprint density at radius 1 is 0.759 bits per heavy atom. The predicted octanol–water partition coefficient (Wildman–Crippen LogP) is 9.97. The number of imidazole rings is 1. The number of carbonyl (C=O) groups excluding carboxylic acids is 2. The number of thioether (sulfide) groups is 1. The molecule has 1 saturated heterocycles. The molecule has 8 nitrogen and oxygen atoms in total. The second-order valence-corrected chi connectivity index (χ2v) is 14.2. The van der Waals surface area contributed by atoms with Gasteiger partial charge in [-0.05, 0) is 84.1 Å². The lowest BCUT2D eigenvalue weighted by atomic mass is 9.75. The third kappa shape index (κ3) is 6.60. The van der Waals surface area contributed by atoms with E-state index >= 15 is 0 Å². The molecule has 0 radical (unpaired) electrons. The van der Waals surface area contributed by atoms with Crippen LogP contribution in [-0.4, -0.2) is 31.3 Å². The molecule has 2 amide bonds. The van der Waals surface area contributed by atoms with E-state index in [9.17, 15) is 9.59 Å². The zero-order chi connectivity index (χ0) is 37.1. The molecule has 264 valence electrons. The number of ether oxygens (including phenoxy) is 2. The standard InChI is InChI=1S/C45H34N4O4S/c1-30(42-47-39-26-25-38(28-40(39)48-42)53-37-23-19-32(29-46)20-24-37)52-36-21-17-31(18-22-36)27-41-43(50)49(44(51)54-41)45(33-11-5-2-6-12-33,34-13-7-3-8-14-34)35-15-9-4-10-16-35/h2-26,28,30,41H,27H2,1H3,(H,47,48). The minimum atomic E-state index is -1.15. The van der Waals surface area contributed by atoms with E-state index in [1.165, 1.54) is 4.90 Å². The van der Waals surface area contributed by atoms with Crippen LogP contribution in [0.15, 0.2) is 158 Å². The summed E-state index contributed by atoms with van der Waals surface area (Å²) in [4.78, 5) is 38.1. The van der Waals surface area contributed by atoms with Crippen molar-refractivity contribution in [3.05, 3.63) is 191 Å². The summed E-state index contributed by atoms with van der Waals surface area (Å²) in [5.41, 5.74) is 4.43. The Bertz CT molecular complexity index is 2370. The van der Waals surface area contributed by atoms with Crippen LogP contribution in [0, 0.1) is 11.3 Å². The largest absolute Gasteiger partial charge is 0.483 e. The van der Waals surface area contributed by atoms with Crippen molar-refractivity contribution in [3.8, 4) is 23.3 Å². The number of hydrogen-bond acceptors (Lipinski definition) is 7. The van der Waals surface area contributed by atoms with Crippen LogP contribution in [0.2, 0.25) is 0 Å². The van der Waals surface area contributed by atoms with E-state index in [4.69, 9.17) is 19.7 Å². The van der Waals surface area contributed by atoms with E-state index in [-0.39, 0.29) is 17.3 Å². The first-order valence-corrected chi connectivity index (χ1v) is 18.4. The van der Waals surface area contributed by atoms with E-state index in [2.05, 4.69) is 11.1 Å². The van der Waals surface area contributed by atoms with Crippen LogP contribution >= 0.6 is 11.8 Å². The van der Waals surface area contributed by atoms with Gasteiger partial charge in [0.15, 0.2) is 6.10 Å². The molecule has 1 N–H and O–H groups in total. The van der Waals surface area contributed by atoms with Gasteiger partial charge in [0.2, 0.25) is 5.91 Å². The van der Waals surface area contributed by atoms with Gasteiger partial charge in [-0.3, -0.25) is 14.5 Å². The summed E-state index contributed by atoms with van der Waals surface area (Å²) in [7, 11) is 0. The van der Waals surface area contributed by atoms with Gasteiger partial charge >= 0.3 is 0 Å². The number of hydrogen-bond donors (Lipinski definition) is 1. The van der Waals surface area contributed by atoms with Gasteiger partial charge in [0.25, 0.3) is 5.24 Å². The van der Waals surface area contributed by atoms with Crippen LogP contribution in [-0.2, 0) is 16.8 Å². The van der Waals surface area contributed by atoms with Gasteiger partial charge < -0.3 is 14.5 Å². The number of fused-ring (bicyclic) bond motifs is 1. The van der Waals surface area contributed by atoms with Crippen LogP contribution in [0.5, 0.6) is 17.2 Å². The maximum atomic E-state index is 14.5. The number of carbonyl (C=O) groups is 2. The first-order chi connectivity index (χ1) is 26.4. The van der Waals surface area contributed by atoms with Crippen LogP contribution in [0.25, 0.3) is 11.0 Å². The van der Waals surface area contributed by atoms with E-state index in [0.717, 1.165) is 45.0 Å². The summed E-state index contributed by atoms with van der Waals surface area (Å²) < 4.78 is 12.2. The summed E-state index contributed by atoms with van der Waals surface area (Å²) in [5.74, 6) is 2.35. The lowest BCUT2D eigenvalue weighted by Crippen LogP contribution is -2.51. The molecule has 0 saturated carbocycles. The average Bonchev–Trinajstić information content (AvgIpc) is 3.77. The Labute approximate surface area is 317 Å². The molecule has 1 aromatic heterocycles. The summed E-state index contributed by atoms with van der Waals surface area (Å²) in [5, 5.41) is 8.16. The number of benzene rings is 6. The molecule has 9 heteroatoms. The Morgan fingerprint density at radius 3 is 1.89 bits per heavy atom. The maximum absolute atomic E-state index is 14.5. The van der Waals surface area contributed by atoms with E-state index in [0.29, 0.717) is 35.1 Å². The third-order valence-electron chi connectivity index (χ3n) is 9.56. The summed E-state index contributed by atoms with van der Waals surface area (Å²) in [6.45, 7) is 1.92. The molecule has 1 fully saturated rings. The Kier molecular flexibility index (Phi) is 9.43. The summed E-state index contributed by atoms with van der Waals surface area (Å²) in [6.07, 6.45) is -0.00157. The van der Waals surface area contributed by atoms with Crippen molar-refractivity contribution in [2.75, 3.05) is 0 Å². The molecular weight excluding hydrogens is 693 g/mol. The highest BCUT2D eigenvalue weighted by Gasteiger charge is 2.54. The maximum Gasteiger partial charge on any atom is 0.290 e. The zero-order valence-corrected chi connectivity index (χ0v) is 30.1. The van der Waals surface area contributed by atoms with Crippen molar-refractivity contribution in [3.63, 3.8) is 0 Å². The molecule has 2 unspecified atom stereocenters. The number of rotatable bonds is 11. The number of amides is 2. The molecular formula is C45H34N4O4S. The minimum absolute atomic E-state index is 0.231. The lowest BCUT2D eigenvalue weighted by Gasteiger charge is -2.42. The smallest absolute Gasteiger partial charge is 0.290 e. The monoisotopic (exact) mass is 726 g/mol. The highest BCUT2D eigenvalue weighted by Crippen LogP contribution is 2.48. The SMILES string of the molecule is CC(Oc1ccc(CC2SC(=O)N(C(c3ccccc3)(c3ccccc3)c3ccccc3)C2=O)cc1)c1nc2ccc(Oc3ccc(C#N)cc3)cc2[nH]1. The van der Waals surface area contributed by atoms with Gasteiger partial charge in [-0.15, -0.1) is 0 Å². The number of nitrogens with zero attached hydrogens (tertiary/aromatic N) is 3. The number of aromatic nitrogens is 2. The molecule has 0 spiro atoms. The quantitative estimate of drug-likeness (QED) is 0.132. The molecule has 54 heavy (non-hydrogen) atoms.